The Morgan fingerprint density at radius 1 is 1.48 bits per heavy atom. The predicted octanol–water partition coefficient (Wildman–Crippen LogP) is 1.72. The van der Waals surface area contributed by atoms with Crippen LogP contribution in [0.4, 0.5) is 0 Å². The van der Waals surface area contributed by atoms with Crippen LogP contribution in [0, 0.1) is 5.92 Å². The van der Waals surface area contributed by atoms with Gasteiger partial charge in [-0.3, -0.25) is 4.79 Å². The Labute approximate surface area is 129 Å². The number of carboxylic acids is 1. The fraction of sp³-hybridized carbons (Fsp3) is 0.385. The van der Waals surface area contributed by atoms with E-state index in [1.54, 1.807) is 19.3 Å². The molecular formula is C13H15BrN4O3. The number of aliphatic carboxylic acids is 1. The van der Waals surface area contributed by atoms with Crippen LogP contribution in [0.5, 0.6) is 0 Å². The van der Waals surface area contributed by atoms with E-state index >= 15 is 0 Å². The second kappa shape index (κ2) is 6.21. The summed E-state index contributed by atoms with van der Waals surface area (Å²) in [6.45, 7) is 3.66. The van der Waals surface area contributed by atoms with Crippen LogP contribution in [0.2, 0.25) is 0 Å². The third kappa shape index (κ3) is 3.21. The summed E-state index contributed by atoms with van der Waals surface area (Å²) in [5.74, 6) is -1.72. The number of hydrogen-bond donors (Lipinski definition) is 2. The Morgan fingerprint density at radius 2 is 2.19 bits per heavy atom. The van der Waals surface area contributed by atoms with Crippen molar-refractivity contribution in [3.8, 4) is 0 Å². The normalized spacial score (nSPS) is 13.9. The van der Waals surface area contributed by atoms with Crippen LogP contribution < -0.4 is 5.32 Å². The molecule has 0 aliphatic heterocycles. The van der Waals surface area contributed by atoms with Gasteiger partial charge in [0.05, 0.1) is 10.7 Å². The van der Waals surface area contributed by atoms with Gasteiger partial charge in [0.1, 0.15) is 11.6 Å². The molecule has 0 aliphatic rings. The van der Waals surface area contributed by atoms with Gasteiger partial charge in [-0.1, -0.05) is 20.3 Å². The second-order valence-electron chi connectivity index (χ2n) is 4.77. The molecule has 0 bridgehead atoms. The van der Waals surface area contributed by atoms with Crippen LogP contribution in [0.3, 0.4) is 0 Å². The number of hydrogen-bond acceptors (Lipinski definition) is 4. The number of halogens is 1. The molecule has 0 fully saturated rings. The van der Waals surface area contributed by atoms with Crippen LogP contribution in [-0.4, -0.2) is 37.6 Å². The molecule has 2 rings (SSSR count). The summed E-state index contributed by atoms with van der Waals surface area (Å²) < 4.78 is 2.19. The minimum absolute atomic E-state index is 0.171. The van der Waals surface area contributed by atoms with Crippen LogP contribution in [0.15, 0.2) is 23.1 Å². The van der Waals surface area contributed by atoms with E-state index in [9.17, 15) is 14.7 Å². The maximum atomic E-state index is 12.3. The lowest BCUT2D eigenvalue weighted by molar-refractivity contribution is -0.140. The molecule has 0 aliphatic carbocycles. The maximum Gasteiger partial charge on any atom is 0.326 e. The van der Waals surface area contributed by atoms with Gasteiger partial charge in [0, 0.05) is 12.4 Å². The van der Waals surface area contributed by atoms with Crippen LogP contribution in [-0.2, 0) is 4.79 Å². The van der Waals surface area contributed by atoms with Crippen molar-refractivity contribution >= 4 is 33.5 Å². The highest BCUT2D eigenvalue weighted by Crippen LogP contribution is 2.14. The van der Waals surface area contributed by atoms with E-state index in [1.807, 2.05) is 6.92 Å². The van der Waals surface area contributed by atoms with Crippen LogP contribution >= 0.6 is 15.9 Å². The van der Waals surface area contributed by atoms with E-state index in [2.05, 4.69) is 31.3 Å². The first-order valence-electron chi connectivity index (χ1n) is 6.46. The maximum absolute atomic E-state index is 12.3. The molecule has 2 aromatic heterocycles. The molecule has 0 radical (unpaired) electrons. The van der Waals surface area contributed by atoms with Crippen molar-refractivity contribution in [3.05, 3.63) is 28.6 Å². The molecule has 112 valence electrons. The Kier molecular flexibility index (Phi) is 4.56. The molecule has 0 aromatic carbocycles. The minimum Gasteiger partial charge on any atom is -0.480 e. The van der Waals surface area contributed by atoms with E-state index in [0.717, 1.165) is 4.47 Å². The summed E-state index contributed by atoms with van der Waals surface area (Å²) in [6.07, 6.45) is 5.25. The van der Waals surface area contributed by atoms with Crippen molar-refractivity contribution in [3.63, 3.8) is 0 Å². The molecule has 21 heavy (non-hydrogen) atoms. The topological polar surface area (TPSA) is 96.6 Å². The van der Waals surface area contributed by atoms with Gasteiger partial charge < -0.3 is 10.4 Å². The number of carbonyl (C=O) groups excluding carboxylic acids is 1. The SMILES string of the molecule is CC[C@H](C)[C@H](NC(=O)c1cnn2cc(Br)cnc12)C(=O)O. The molecule has 2 aromatic rings. The summed E-state index contributed by atoms with van der Waals surface area (Å²) in [4.78, 5) is 27.6. The van der Waals surface area contributed by atoms with Gasteiger partial charge in [-0.25, -0.2) is 14.3 Å². The first-order chi connectivity index (χ1) is 9.93. The zero-order valence-corrected chi connectivity index (χ0v) is 13.2. The zero-order valence-electron chi connectivity index (χ0n) is 11.6. The van der Waals surface area contributed by atoms with Crippen molar-refractivity contribution in [2.24, 2.45) is 5.92 Å². The van der Waals surface area contributed by atoms with E-state index in [4.69, 9.17) is 0 Å². The molecule has 7 nitrogen and oxygen atoms in total. The fourth-order valence-electron chi connectivity index (χ4n) is 1.91. The molecular weight excluding hydrogens is 340 g/mol. The summed E-state index contributed by atoms with van der Waals surface area (Å²) in [6, 6.07) is -0.937. The van der Waals surface area contributed by atoms with Crippen LogP contribution in [0.25, 0.3) is 5.65 Å². The Balaban J connectivity index is 2.27. The number of nitrogens with zero attached hydrogens (tertiary/aromatic N) is 3. The third-order valence-electron chi connectivity index (χ3n) is 3.34. The lowest BCUT2D eigenvalue weighted by Crippen LogP contribution is -2.45. The lowest BCUT2D eigenvalue weighted by atomic mass is 9.99. The summed E-state index contributed by atoms with van der Waals surface area (Å²) in [7, 11) is 0. The van der Waals surface area contributed by atoms with Gasteiger partial charge in [-0.2, -0.15) is 5.10 Å². The van der Waals surface area contributed by atoms with Crippen molar-refractivity contribution in [1.82, 2.24) is 19.9 Å². The average molecular weight is 355 g/mol. The van der Waals surface area contributed by atoms with Gasteiger partial charge >= 0.3 is 5.97 Å². The standard InChI is InChI=1S/C13H15BrN4O3/c1-3-7(2)10(13(20)21)17-12(19)9-5-16-18-6-8(14)4-15-11(9)18/h4-7,10H,3H2,1-2H3,(H,17,19)(H,20,21)/t7-,10-/m0/s1. The molecule has 1 amide bonds. The fourth-order valence-corrected chi connectivity index (χ4v) is 2.21. The van der Waals surface area contributed by atoms with Gasteiger partial charge in [-0.15, -0.1) is 0 Å². The molecule has 2 N–H and O–H groups in total. The smallest absolute Gasteiger partial charge is 0.326 e. The number of carbonyl (C=O) groups is 2. The minimum atomic E-state index is -1.05. The Bertz CT molecular complexity index is 685. The summed E-state index contributed by atoms with van der Waals surface area (Å²) >= 11 is 3.26. The quantitative estimate of drug-likeness (QED) is 0.851. The number of rotatable bonds is 5. The Hall–Kier alpha value is -1.96. The number of nitrogens with one attached hydrogen (secondary N) is 1. The van der Waals surface area contributed by atoms with Gasteiger partial charge in [0.2, 0.25) is 0 Å². The van der Waals surface area contributed by atoms with Gasteiger partial charge in [0.25, 0.3) is 5.91 Å². The first kappa shape index (κ1) is 15.4. The lowest BCUT2D eigenvalue weighted by Gasteiger charge is -2.19. The highest BCUT2D eigenvalue weighted by Gasteiger charge is 2.27. The molecule has 2 heterocycles. The molecule has 0 saturated heterocycles. The molecule has 0 saturated carbocycles. The summed E-state index contributed by atoms with van der Waals surface area (Å²) in [5, 5.41) is 15.8. The number of carboxylic acid groups (broad SMARTS) is 1. The number of aromatic nitrogens is 3. The van der Waals surface area contributed by atoms with E-state index in [1.165, 1.54) is 10.7 Å². The van der Waals surface area contributed by atoms with Crippen molar-refractivity contribution in [1.29, 1.82) is 0 Å². The van der Waals surface area contributed by atoms with Crippen molar-refractivity contribution in [2.75, 3.05) is 0 Å². The van der Waals surface area contributed by atoms with Gasteiger partial charge in [0.15, 0.2) is 5.65 Å². The molecule has 2 atom stereocenters. The largest absolute Gasteiger partial charge is 0.480 e. The highest BCUT2D eigenvalue weighted by atomic mass is 79.9. The van der Waals surface area contributed by atoms with E-state index in [-0.39, 0.29) is 11.5 Å². The van der Waals surface area contributed by atoms with Crippen molar-refractivity contribution in [2.45, 2.75) is 26.3 Å². The molecule has 0 spiro atoms. The van der Waals surface area contributed by atoms with Crippen LogP contribution in [0.1, 0.15) is 30.6 Å². The monoisotopic (exact) mass is 354 g/mol. The van der Waals surface area contributed by atoms with Crippen molar-refractivity contribution < 1.29 is 14.7 Å². The van der Waals surface area contributed by atoms with E-state index < -0.39 is 17.9 Å². The zero-order chi connectivity index (χ0) is 15.6. The average Bonchev–Trinajstić information content (AvgIpc) is 2.86. The number of amides is 1. The first-order valence-corrected chi connectivity index (χ1v) is 7.26. The van der Waals surface area contributed by atoms with Gasteiger partial charge in [-0.05, 0) is 21.8 Å². The highest BCUT2D eigenvalue weighted by molar-refractivity contribution is 9.10. The number of fused-ring (bicyclic) bond motifs is 1. The molecule has 8 heteroatoms. The molecule has 0 unspecified atom stereocenters. The second-order valence-corrected chi connectivity index (χ2v) is 5.69. The third-order valence-corrected chi connectivity index (χ3v) is 3.74. The predicted molar refractivity (Wildman–Crippen MR) is 79.0 cm³/mol. The van der Waals surface area contributed by atoms with E-state index in [0.29, 0.717) is 12.1 Å². The summed E-state index contributed by atoms with van der Waals surface area (Å²) in [5.41, 5.74) is 0.626. The Morgan fingerprint density at radius 3 is 2.81 bits per heavy atom.